The first-order valence-electron chi connectivity index (χ1n) is 6.44. The van der Waals surface area contributed by atoms with E-state index < -0.39 is 16.1 Å². The van der Waals surface area contributed by atoms with Crippen LogP contribution in [0.1, 0.15) is 6.92 Å². The number of nitrogens with one attached hydrogen (secondary N) is 1. The van der Waals surface area contributed by atoms with Crippen LogP contribution in [0.15, 0.2) is 29.2 Å². The highest BCUT2D eigenvalue weighted by Gasteiger charge is 2.32. The van der Waals surface area contributed by atoms with Gasteiger partial charge in [-0.05, 0) is 19.1 Å². The molecule has 1 N–H and O–H groups in total. The van der Waals surface area contributed by atoms with Crippen molar-refractivity contribution in [2.75, 3.05) is 31.6 Å². The maximum atomic E-state index is 12.7. The highest BCUT2D eigenvalue weighted by Crippen LogP contribution is 2.25. The normalized spacial score (nSPS) is 20.3. The Balaban J connectivity index is 2.33. The van der Waals surface area contributed by atoms with Gasteiger partial charge in [-0.15, -0.1) is 0 Å². The van der Waals surface area contributed by atoms with E-state index in [9.17, 15) is 8.42 Å². The third-order valence-corrected chi connectivity index (χ3v) is 4.97. The molecule has 1 unspecified atom stereocenters. The summed E-state index contributed by atoms with van der Waals surface area (Å²) >= 11 is 0. The second-order valence-electron chi connectivity index (χ2n) is 4.38. The molecular weight excluding hydrogens is 278 g/mol. The quantitative estimate of drug-likeness (QED) is 0.897. The van der Waals surface area contributed by atoms with Crippen LogP contribution in [0.3, 0.4) is 0 Å². The Labute approximate surface area is 119 Å². The van der Waals surface area contributed by atoms with Gasteiger partial charge in [-0.1, -0.05) is 12.1 Å². The van der Waals surface area contributed by atoms with Gasteiger partial charge < -0.3 is 10.1 Å². The number of hydrogen-bond donors (Lipinski definition) is 1. The Morgan fingerprint density at radius 1 is 1.50 bits per heavy atom. The largest absolute Gasteiger partial charge is 0.384 e. The van der Waals surface area contributed by atoms with Crippen molar-refractivity contribution in [2.45, 2.75) is 17.9 Å². The number of hydrogen-bond acceptors (Lipinski definition) is 5. The van der Waals surface area contributed by atoms with Gasteiger partial charge >= 0.3 is 0 Å². The van der Waals surface area contributed by atoms with E-state index in [4.69, 9.17) is 10.00 Å². The van der Waals surface area contributed by atoms with E-state index in [0.717, 1.165) is 0 Å². The molecule has 0 spiro atoms. The molecule has 108 valence electrons. The Bertz CT molecular complexity index is 610. The molecule has 0 saturated carbocycles. The molecule has 0 aliphatic carbocycles. The molecule has 0 bridgehead atoms. The lowest BCUT2D eigenvalue weighted by Gasteiger charge is -2.29. The zero-order valence-electron chi connectivity index (χ0n) is 11.2. The lowest BCUT2D eigenvalue weighted by atomic mass is 10.3. The van der Waals surface area contributed by atoms with Gasteiger partial charge in [-0.25, -0.2) is 8.42 Å². The minimum absolute atomic E-state index is 0.0687. The Morgan fingerprint density at radius 3 is 2.95 bits per heavy atom. The molecular formula is C13H17N3O3S. The fourth-order valence-electron chi connectivity index (χ4n) is 2.09. The van der Waals surface area contributed by atoms with Gasteiger partial charge in [0.1, 0.15) is 4.90 Å². The van der Waals surface area contributed by atoms with Crippen molar-refractivity contribution in [3.05, 3.63) is 24.3 Å². The van der Waals surface area contributed by atoms with Gasteiger partial charge in [0.2, 0.25) is 10.0 Å². The first-order valence-corrected chi connectivity index (χ1v) is 7.88. The second-order valence-corrected chi connectivity index (χ2v) is 6.28. The average Bonchev–Trinajstić information content (AvgIpc) is 2.48. The fourth-order valence-corrected chi connectivity index (χ4v) is 3.68. The molecule has 7 heteroatoms. The van der Waals surface area contributed by atoms with Crippen molar-refractivity contribution in [1.29, 1.82) is 5.26 Å². The SMILES string of the molecule is CCNc1ccccc1S(=O)(=O)N1CCOC(C#N)C1. The van der Waals surface area contributed by atoms with Crippen LogP contribution in [0.2, 0.25) is 0 Å². The van der Waals surface area contributed by atoms with Gasteiger partial charge in [0.15, 0.2) is 6.10 Å². The summed E-state index contributed by atoms with van der Waals surface area (Å²) in [4.78, 5) is 0.237. The number of morpholine rings is 1. The highest BCUT2D eigenvalue weighted by molar-refractivity contribution is 7.89. The summed E-state index contributed by atoms with van der Waals surface area (Å²) in [6, 6.07) is 8.74. The molecule has 1 aromatic carbocycles. The molecule has 2 rings (SSSR count). The van der Waals surface area contributed by atoms with E-state index in [2.05, 4.69) is 5.32 Å². The molecule has 1 aromatic rings. The van der Waals surface area contributed by atoms with Crippen LogP contribution in [0, 0.1) is 11.3 Å². The van der Waals surface area contributed by atoms with E-state index >= 15 is 0 Å². The van der Waals surface area contributed by atoms with Crippen LogP contribution >= 0.6 is 0 Å². The number of ether oxygens (including phenoxy) is 1. The zero-order chi connectivity index (χ0) is 14.6. The monoisotopic (exact) mass is 295 g/mol. The smallest absolute Gasteiger partial charge is 0.245 e. The number of sulfonamides is 1. The summed E-state index contributed by atoms with van der Waals surface area (Å²) in [6.07, 6.45) is -0.704. The molecule has 0 aromatic heterocycles. The molecule has 1 fully saturated rings. The fraction of sp³-hybridized carbons (Fsp3) is 0.462. The van der Waals surface area contributed by atoms with E-state index in [0.29, 0.717) is 12.2 Å². The van der Waals surface area contributed by atoms with E-state index in [1.807, 2.05) is 13.0 Å². The Kier molecular flexibility index (Phi) is 4.60. The Hall–Kier alpha value is -1.62. The summed E-state index contributed by atoms with van der Waals surface area (Å²) in [5, 5.41) is 11.9. The summed E-state index contributed by atoms with van der Waals surface area (Å²) in [6.45, 7) is 3.11. The van der Waals surface area contributed by atoms with Gasteiger partial charge in [-0.3, -0.25) is 0 Å². The molecule has 1 saturated heterocycles. The molecule has 1 atom stereocenters. The maximum Gasteiger partial charge on any atom is 0.245 e. The van der Waals surface area contributed by atoms with Gasteiger partial charge in [0, 0.05) is 13.1 Å². The number of para-hydroxylation sites is 1. The zero-order valence-corrected chi connectivity index (χ0v) is 12.1. The van der Waals surface area contributed by atoms with Gasteiger partial charge in [0.05, 0.1) is 24.9 Å². The third-order valence-electron chi connectivity index (χ3n) is 3.05. The summed E-state index contributed by atoms with van der Waals surface area (Å²) in [5.41, 5.74) is 0.579. The molecule has 0 radical (unpaired) electrons. The topological polar surface area (TPSA) is 82.4 Å². The minimum atomic E-state index is -3.62. The lowest BCUT2D eigenvalue weighted by Crippen LogP contribution is -2.45. The van der Waals surface area contributed by atoms with E-state index in [-0.39, 0.29) is 24.6 Å². The number of nitriles is 1. The predicted octanol–water partition coefficient (Wildman–Crippen LogP) is 1.03. The van der Waals surface area contributed by atoms with Crippen LogP contribution in [-0.4, -0.2) is 45.1 Å². The highest BCUT2D eigenvalue weighted by atomic mass is 32.2. The number of anilines is 1. The van der Waals surface area contributed by atoms with Crippen molar-refractivity contribution in [3.63, 3.8) is 0 Å². The number of benzene rings is 1. The van der Waals surface area contributed by atoms with Crippen LogP contribution in [0.25, 0.3) is 0 Å². The molecule has 1 aliphatic heterocycles. The molecule has 1 heterocycles. The maximum absolute atomic E-state index is 12.7. The van der Waals surface area contributed by atoms with E-state index in [1.54, 1.807) is 24.3 Å². The van der Waals surface area contributed by atoms with E-state index in [1.165, 1.54) is 4.31 Å². The molecule has 20 heavy (non-hydrogen) atoms. The standard InChI is InChI=1S/C13H17N3O3S/c1-2-15-12-5-3-4-6-13(12)20(17,18)16-7-8-19-11(9-14)10-16/h3-6,11,15H,2,7-8,10H2,1H3. The van der Waals surface area contributed by atoms with Crippen molar-refractivity contribution in [2.24, 2.45) is 0 Å². The van der Waals surface area contributed by atoms with Crippen molar-refractivity contribution < 1.29 is 13.2 Å². The van der Waals surface area contributed by atoms with Crippen molar-refractivity contribution >= 4 is 15.7 Å². The summed E-state index contributed by atoms with van der Waals surface area (Å²) < 4.78 is 31.8. The van der Waals surface area contributed by atoms with Crippen LogP contribution in [0.5, 0.6) is 0 Å². The number of nitrogens with zero attached hydrogens (tertiary/aromatic N) is 2. The predicted molar refractivity (Wildman–Crippen MR) is 74.7 cm³/mol. The second kappa shape index (κ2) is 6.22. The minimum Gasteiger partial charge on any atom is -0.384 e. The molecule has 6 nitrogen and oxygen atoms in total. The molecule has 0 amide bonds. The Morgan fingerprint density at radius 2 is 2.25 bits per heavy atom. The van der Waals surface area contributed by atoms with Gasteiger partial charge in [0.25, 0.3) is 0 Å². The summed E-state index contributed by atoms with van der Waals surface area (Å²) in [7, 11) is -3.62. The average molecular weight is 295 g/mol. The summed E-state index contributed by atoms with van der Waals surface area (Å²) in [5.74, 6) is 0. The van der Waals surface area contributed by atoms with Crippen molar-refractivity contribution in [3.8, 4) is 6.07 Å². The van der Waals surface area contributed by atoms with Crippen LogP contribution in [-0.2, 0) is 14.8 Å². The van der Waals surface area contributed by atoms with Crippen LogP contribution < -0.4 is 5.32 Å². The lowest BCUT2D eigenvalue weighted by molar-refractivity contribution is 0.0311. The first-order chi connectivity index (χ1) is 9.59. The number of rotatable bonds is 4. The molecule has 1 aliphatic rings. The van der Waals surface area contributed by atoms with Gasteiger partial charge in [-0.2, -0.15) is 9.57 Å². The first kappa shape index (κ1) is 14.8. The van der Waals surface area contributed by atoms with Crippen molar-refractivity contribution in [1.82, 2.24) is 4.31 Å². The third kappa shape index (κ3) is 2.93. The van der Waals surface area contributed by atoms with Crippen LogP contribution in [0.4, 0.5) is 5.69 Å².